The van der Waals surface area contributed by atoms with Gasteiger partial charge in [0.05, 0.1) is 6.04 Å². The normalized spacial score (nSPS) is 12.5. The molecule has 1 unspecified atom stereocenters. The third-order valence-electron chi connectivity index (χ3n) is 1.69. The van der Waals surface area contributed by atoms with E-state index in [1.807, 2.05) is 0 Å². The summed E-state index contributed by atoms with van der Waals surface area (Å²) in [6, 6.07) is 2.70. The molecule has 6 heteroatoms. The van der Waals surface area contributed by atoms with Crippen LogP contribution in [-0.4, -0.2) is 17.7 Å². The molecule has 0 bridgehead atoms. The first-order valence-electron chi connectivity index (χ1n) is 4.13. The van der Waals surface area contributed by atoms with Crippen LogP contribution in [0, 0.1) is 11.6 Å². The van der Waals surface area contributed by atoms with Gasteiger partial charge in [0.15, 0.2) is 11.6 Å². The zero-order valence-electron chi connectivity index (χ0n) is 7.74. The van der Waals surface area contributed by atoms with Crippen molar-refractivity contribution < 1.29 is 13.6 Å². The van der Waals surface area contributed by atoms with Crippen molar-refractivity contribution in [3.8, 4) is 0 Å². The first-order chi connectivity index (χ1) is 7.00. The summed E-state index contributed by atoms with van der Waals surface area (Å²) in [6.07, 6.45) is 0. The molecule has 3 nitrogen and oxygen atoms in total. The lowest BCUT2D eigenvalue weighted by Gasteiger charge is -2.06. The van der Waals surface area contributed by atoms with E-state index in [1.165, 1.54) is 6.07 Å². The van der Waals surface area contributed by atoms with Crippen molar-refractivity contribution >= 4 is 17.7 Å². The van der Waals surface area contributed by atoms with E-state index in [-0.39, 0.29) is 5.75 Å². The largest absolute Gasteiger partial charge is 0.368 e. The number of rotatable bonds is 4. The van der Waals surface area contributed by atoms with Crippen molar-refractivity contribution in [3.05, 3.63) is 29.8 Å². The topological polar surface area (TPSA) is 69.1 Å². The van der Waals surface area contributed by atoms with Crippen LogP contribution in [0.3, 0.4) is 0 Å². The minimum absolute atomic E-state index is 0.237. The van der Waals surface area contributed by atoms with Gasteiger partial charge in [-0.15, -0.1) is 11.8 Å². The molecule has 0 saturated heterocycles. The van der Waals surface area contributed by atoms with Gasteiger partial charge in [-0.3, -0.25) is 4.79 Å². The second kappa shape index (κ2) is 5.09. The molecule has 4 N–H and O–H groups in total. The number of benzene rings is 1. The summed E-state index contributed by atoms with van der Waals surface area (Å²) in [7, 11) is 0. The van der Waals surface area contributed by atoms with Gasteiger partial charge in [-0.2, -0.15) is 0 Å². The number of hydrogen-bond acceptors (Lipinski definition) is 3. The smallest absolute Gasteiger partial charge is 0.235 e. The summed E-state index contributed by atoms with van der Waals surface area (Å²) in [5.41, 5.74) is 10.3. The summed E-state index contributed by atoms with van der Waals surface area (Å²) in [6.45, 7) is 0. The van der Waals surface area contributed by atoms with Crippen LogP contribution in [0.5, 0.6) is 0 Å². The molecule has 82 valence electrons. The second-order valence-corrected chi connectivity index (χ2v) is 3.99. The molecule has 1 aromatic carbocycles. The Labute approximate surface area is 89.8 Å². The standard InChI is InChI=1S/C9H10F2N2OS/c10-6-2-1-5(3-7(6)11)15-4-8(12)9(13)14/h1-3,8H,4,12H2,(H2,13,14). The Kier molecular flexibility index (Phi) is 4.05. The summed E-state index contributed by atoms with van der Waals surface area (Å²) >= 11 is 1.15. The van der Waals surface area contributed by atoms with E-state index < -0.39 is 23.6 Å². The third kappa shape index (κ3) is 3.49. The van der Waals surface area contributed by atoms with Crippen LogP contribution in [0.4, 0.5) is 8.78 Å². The molecule has 0 fully saturated rings. The Bertz CT molecular complexity index is 373. The first-order valence-corrected chi connectivity index (χ1v) is 5.12. The maximum absolute atomic E-state index is 12.8. The number of carbonyl (C=O) groups excluding carboxylic acids is 1. The van der Waals surface area contributed by atoms with Gasteiger partial charge in [-0.05, 0) is 18.2 Å². The van der Waals surface area contributed by atoms with Crippen LogP contribution in [0.1, 0.15) is 0 Å². The lowest BCUT2D eigenvalue weighted by Crippen LogP contribution is -2.38. The lowest BCUT2D eigenvalue weighted by atomic mass is 10.3. The second-order valence-electron chi connectivity index (χ2n) is 2.90. The zero-order valence-corrected chi connectivity index (χ0v) is 8.56. The van der Waals surface area contributed by atoms with E-state index in [0.29, 0.717) is 4.90 Å². The highest BCUT2D eigenvalue weighted by Crippen LogP contribution is 2.20. The van der Waals surface area contributed by atoms with E-state index >= 15 is 0 Å². The molecular formula is C9H10F2N2OS. The Morgan fingerprint density at radius 1 is 1.40 bits per heavy atom. The minimum atomic E-state index is -0.923. The van der Waals surface area contributed by atoms with Crippen LogP contribution >= 0.6 is 11.8 Å². The fourth-order valence-corrected chi connectivity index (χ4v) is 1.72. The van der Waals surface area contributed by atoms with Crippen LogP contribution in [-0.2, 0) is 4.79 Å². The fourth-order valence-electron chi connectivity index (χ4n) is 0.835. The molecule has 15 heavy (non-hydrogen) atoms. The van der Waals surface area contributed by atoms with Crippen molar-refractivity contribution in [2.45, 2.75) is 10.9 Å². The number of amides is 1. The van der Waals surface area contributed by atoms with E-state index in [2.05, 4.69) is 0 Å². The van der Waals surface area contributed by atoms with Gasteiger partial charge in [0, 0.05) is 10.6 Å². The highest BCUT2D eigenvalue weighted by Gasteiger charge is 2.10. The maximum atomic E-state index is 12.8. The molecule has 0 spiro atoms. The van der Waals surface area contributed by atoms with Crippen molar-refractivity contribution in [3.63, 3.8) is 0 Å². The van der Waals surface area contributed by atoms with Crippen molar-refractivity contribution in [2.75, 3.05) is 5.75 Å². The maximum Gasteiger partial charge on any atom is 0.235 e. The Balaban J connectivity index is 2.58. The molecule has 1 rings (SSSR count). The number of nitrogens with two attached hydrogens (primary N) is 2. The van der Waals surface area contributed by atoms with Crippen molar-refractivity contribution in [2.24, 2.45) is 11.5 Å². The van der Waals surface area contributed by atoms with Crippen LogP contribution in [0.15, 0.2) is 23.1 Å². The van der Waals surface area contributed by atoms with Crippen molar-refractivity contribution in [1.29, 1.82) is 0 Å². The first kappa shape index (κ1) is 11.9. The van der Waals surface area contributed by atoms with Crippen molar-refractivity contribution in [1.82, 2.24) is 0 Å². The average Bonchev–Trinajstić information content (AvgIpc) is 2.19. The Hall–Kier alpha value is -1.14. The highest BCUT2D eigenvalue weighted by atomic mass is 32.2. The van der Waals surface area contributed by atoms with Gasteiger partial charge in [0.2, 0.25) is 5.91 Å². The van der Waals surface area contributed by atoms with E-state index in [1.54, 1.807) is 0 Å². The summed E-state index contributed by atoms with van der Waals surface area (Å²) in [4.78, 5) is 11.1. The lowest BCUT2D eigenvalue weighted by molar-refractivity contribution is -0.118. The van der Waals surface area contributed by atoms with Gasteiger partial charge >= 0.3 is 0 Å². The minimum Gasteiger partial charge on any atom is -0.368 e. The van der Waals surface area contributed by atoms with Crippen LogP contribution < -0.4 is 11.5 Å². The average molecular weight is 232 g/mol. The molecule has 1 atom stereocenters. The predicted octanol–water partition coefficient (Wildman–Crippen LogP) is 0.869. The third-order valence-corrected chi connectivity index (χ3v) is 2.80. The SMILES string of the molecule is NC(=O)C(N)CSc1ccc(F)c(F)c1. The number of halogens is 2. The van der Waals surface area contributed by atoms with Gasteiger partial charge < -0.3 is 11.5 Å². The molecule has 1 aromatic rings. The van der Waals surface area contributed by atoms with E-state index in [0.717, 1.165) is 23.9 Å². The Morgan fingerprint density at radius 2 is 2.07 bits per heavy atom. The van der Waals surface area contributed by atoms with Crippen LogP contribution in [0.2, 0.25) is 0 Å². The molecule has 0 radical (unpaired) electrons. The number of carbonyl (C=O) groups is 1. The van der Waals surface area contributed by atoms with Gasteiger partial charge in [-0.1, -0.05) is 0 Å². The van der Waals surface area contributed by atoms with E-state index in [9.17, 15) is 13.6 Å². The molecule has 0 heterocycles. The summed E-state index contributed by atoms with van der Waals surface area (Å²) in [5.74, 6) is -2.21. The summed E-state index contributed by atoms with van der Waals surface area (Å²) < 4.78 is 25.3. The number of primary amides is 1. The molecule has 0 saturated carbocycles. The predicted molar refractivity (Wildman–Crippen MR) is 54.3 cm³/mol. The molecule has 1 amide bonds. The molecule has 0 aliphatic rings. The molecule has 0 aliphatic heterocycles. The van der Waals surface area contributed by atoms with Gasteiger partial charge in [0.25, 0.3) is 0 Å². The molecule has 0 aliphatic carbocycles. The highest BCUT2D eigenvalue weighted by molar-refractivity contribution is 7.99. The monoisotopic (exact) mass is 232 g/mol. The molecular weight excluding hydrogens is 222 g/mol. The van der Waals surface area contributed by atoms with E-state index in [4.69, 9.17) is 11.5 Å². The quantitative estimate of drug-likeness (QED) is 0.757. The zero-order chi connectivity index (χ0) is 11.4. The van der Waals surface area contributed by atoms with Gasteiger partial charge in [-0.25, -0.2) is 8.78 Å². The van der Waals surface area contributed by atoms with Gasteiger partial charge in [0.1, 0.15) is 0 Å². The fraction of sp³-hybridized carbons (Fsp3) is 0.222. The summed E-state index contributed by atoms with van der Waals surface area (Å²) in [5, 5.41) is 0. The Morgan fingerprint density at radius 3 is 2.60 bits per heavy atom. The van der Waals surface area contributed by atoms with Crippen LogP contribution in [0.25, 0.3) is 0 Å². The number of hydrogen-bond donors (Lipinski definition) is 2. The number of thioether (sulfide) groups is 1. The molecule has 0 aromatic heterocycles.